The second-order valence-electron chi connectivity index (χ2n) is 16.7. The summed E-state index contributed by atoms with van der Waals surface area (Å²) >= 11 is 0. The van der Waals surface area contributed by atoms with Crippen LogP contribution in [0.3, 0.4) is 0 Å². The van der Waals surface area contributed by atoms with Crippen molar-refractivity contribution in [2.45, 2.75) is 125 Å². The van der Waals surface area contributed by atoms with Crippen LogP contribution in [0.1, 0.15) is 112 Å². The summed E-state index contributed by atoms with van der Waals surface area (Å²) in [5.41, 5.74) is 2.68. The third-order valence-corrected chi connectivity index (χ3v) is 14.3. The minimum absolute atomic E-state index is 0.0301. The van der Waals surface area contributed by atoms with E-state index in [-0.39, 0.29) is 52.0 Å². The number of fused-ring (bicyclic) bond motifs is 7. The fourth-order valence-electron chi connectivity index (χ4n) is 11.8. The summed E-state index contributed by atoms with van der Waals surface area (Å²) in [4.78, 5) is 27.2. The van der Waals surface area contributed by atoms with E-state index >= 15 is 0 Å². The number of aliphatic hydroxyl groups excluding tert-OH is 1. The number of methoxy groups -OCH3 is 1. The lowest BCUT2D eigenvalue weighted by atomic mass is 9.33. The van der Waals surface area contributed by atoms with Crippen molar-refractivity contribution in [2.75, 3.05) is 7.11 Å². The van der Waals surface area contributed by atoms with Crippen molar-refractivity contribution in [3.63, 3.8) is 0 Å². The number of benzene rings is 1. The van der Waals surface area contributed by atoms with Gasteiger partial charge in [0.1, 0.15) is 12.4 Å². The van der Waals surface area contributed by atoms with Crippen LogP contribution in [0.25, 0.3) is 0 Å². The van der Waals surface area contributed by atoms with Gasteiger partial charge in [0.05, 0.1) is 18.8 Å². The van der Waals surface area contributed by atoms with Crippen LogP contribution in [0.2, 0.25) is 0 Å². The zero-order valence-corrected chi connectivity index (χ0v) is 28.3. The summed E-state index contributed by atoms with van der Waals surface area (Å²) in [6.45, 7) is 16.7. The minimum atomic E-state index is -0.668. The highest BCUT2D eigenvalue weighted by Gasteiger charge is 2.70. The Labute approximate surface area is 264 Å². The quantitative estimate of drug-likeness (QED) is 0.355. The molecule has 0 aliphatic heterocycles. The number of nitrogens with one attached hydrogen (secondary N) is 1. The molecule has 5 aliphatic rings. The fraction of sp³-hybridized carbons (Fsp3) is 0.737. The Morgan fingerprint density at radius 3 is 2.30 bits per heavy atom. The van der Waals surface area contributed by atoms with E-state index < -0.39 is 11.6 Å². The molecule has 5 aliphatic carbocycles. The molecule has 0 aromatic heterocycles. The van der Waals surface area contributed by atoms with Crippen LogP contribution in [0.4, 0.5) is 4.79 Å². The summed E-state index contributed by atoms with van der Waals surface area (Å²) in [5.74, 6) is 2.42. The standard InChI is InChI=1S/C38H55NO5/c1-23(2)31-27(40)21-38(39-33(42)44-22-24-9-11-25(43-8)12-10-24)20-19-36(6)26(32(31)38)13-14-29-35(5)17-16-30(41)34(3,4)28(35)15-18-37(29,36)7/h9-12,23,26,28-30,41H,13-22H2,1-8H3,(H,39,42)/t26-,28+,29-,30+,35+,36-,37-,38?/m1/s1. The van der Waals surface area contributed by atoms with Crippen molar-refractivity contribution < 1.29 is 24.2 Å². The lowest BCUT2D eigenvalue weighted by molar-refractivity contribution is -0.226. The van der Waals surface area contributed by atoms with Gasteiger partial charge in [0, 0.05) is 6.42 Å². The Kier molecular flexibility index (Phi) is 7.62. The van der Waals surface area contributed by atoms with Gasteiger partial charge >= 0.3 is 6.09 Å². The van der Waals surface area contributed by atoms with Crippen molar-refractivity contribution in [3.8, 4) is 5.75 Å². The number of rotatable bonds is 5. The fourth-order valence-corrected chi connectivity index (χ4v) is 11.8. The SMILES string of the molecule is COc1ccc(COC(=O)NC23CC[C@]4(C)[C@H](CC[C@@H]5[C@@]6(C)CC[C@H](O)C(C)(C)[C@@H]6CC[C@]54C)C2=C(C(C)C)C(=O)C3)cc1. The average Bonchev–Trinajstić information content (AvgIpc) is 3.26. The zero-order chi connectivity index (χ0) is 31.9. The summed E-state index contributed by atoms with van der Waals surface area (Å²) in [5, 5.41) is 14.3. The van der Waals surface area contributed by atoms with Gasteiger partial charge in [-0.25, -0.2) is 4.79 Å². The first-order valence-electron chi connectivity index (χ1n) is 17.2. The smallest absolute Gasteiger partial charge is 0.408 e. The number of carbonyl (C=O) groups excluding carboxylic acids is 2. The molecule has 8 atom stereocenters. The molecule has 6 rings (SSSR count). The van der Waals surface area contributed by atoms with Gasteiger partial charge in [-0.15, -0.1) is 0 Å². The average molecular weight is 606 g/mol. The first-order valence-corrected chi connectivity index (χ1v) is 17.2. The predicted molar refractivity (Wildman–Crippen MR) is 172 cm³/mol. The van der Waals surface area contributed by atoms with Crippen LogP contribution < -0.4 is 10.1 Å². The molecule has 4 fully saturated rings. The number of alkyl carbamates (subject to hydrolysis) is 1. The third kappa shape index (κ3) is 4.43. The van der Waals surface area contributed by atoms with Crippen molar-refractivity contribution in [1.82, 2.24) is 5.32 Å². The zero-order valence-electron chi connectivity index (χ0n) is 28.3. The number of aliphatic hydroxyl groups is 1. The Morgan fingerprint density at radius 1 is 0.932 bits per heavy atom. The van der Waals surface area contributed by atoms with E-state index in [4.69, 9.17) is 9.47 Å². The molecule has 1 aromatic rings. The van der Waals surface area contributed by atoms with E-state index in [0.29, 0.717) is 18.3 Å². The first-order chi connectivity index (χ1) is 20.6. The number of Topliss-reactive ketones (excluding diaryl/α,β-unsaturated/α-hetero) is 1. The number of carbonyl (C=O) groups is 2. The van der Waals surface area contributed by atoms with E-state index in [1.165, 1.54) is 5.57 Å². The molecule has 6 heteroatoms. The van der Waals surface area contributed by atoms with Crippen LogP contribution >= 0.6 is 0 Å². The monoisotopic (exact) mass is 605 g/mol. The summed E-state index contributed by atoms with van der Waals surface area (Å²) < 4.78 is 11.0. The number of amides is 1. The maximum atomic E-state index is 13.8. The molecule has 1 amide bonds. The highest BCUT2D eigenvalue weighted by atomic mass is 16.5. The van der Waals surface area contributed by atoms with E-state index in [1.807, 2.05) is 24.3 Å². The van der Waals surface area contributed by atoms with Gasteiger partial charge < -0.3 is 19.9 Å². The highest BCUT2D eigenvalue weighted by molar-refractivity contribution is 6.02. The van der Waals surface area contributed by atoms with Gasteiger partial charge in [-0.2, -0.15) is 0 Å². The van der Waals surface area contributed by atoms with Crippen LogP contribution in [-0.2, 0) is 16.1 Å². The van der Waals surface area contributed by atoms with Crippen molar-refractivity contribution in [1.29, 1.82) is 0 Å². The van der Waals surface area contributed by atoms with Crippen LogP contribution in [0.15, 0.2) is 35.4 Å². The van der Waals surface area contributed by atoms with Gasteiger partial charge in [0.2, 0.25) is 0 Å². The second-order valence-corrected chi connectivity index (χ2v) is 16.7. The van der Waals surface area contributed by atoms with Crippen molar-refractivity contribution in [3.05, 3.63) is 41.0 Å². The number of hydrogen-bond acceptors (Lipinski definition) is 5. The van der Waals surface area contributed by atoms with Crippen LogP contribution in [0, 0.1) is 45.3 Å². The number of hydrogen-bond donors (Lipinski definition) is 2. The third-order valence-electron chi connectivity index (χ3n) is 14.3. The maximum absolute atomic E-state index is 13.8. The molecule has 44 heavy (non-hydrogen) atoms. The number of ketones is 1. The molecular weight excluding hydrogens is 550 g/mol. The van der Waals surface area contributed by atoms with Crippen molar-refractivity contribution in [2.24, 2.45) is 45.3 Å². The molecule has 0 radical (unpaired) electrons. The normalized spacial score (nSPS) is 40.9. The lowest BCUT2D eigenvalue weighted by Gasteiger charge is -2.72. The van der Waals surface area contributed by atoms with Crippen LogP contribution in [0.5, 0.6) is 5.75 Å². The maximum Gasteiger partial charge on any atom is 0.408 e. The van der Waals surface area contributed by atoms with Crippen LogP contribution in [-0.4, -0.2) is 35.7 Å². The minimum Gasteiger partial charge on any atom is -0.497 e. The largest absolute Gasteiger partial charge is 0.497 e. The summed E-state index contributed by atoms with van der Waals surface area (Å²) in [7, 11) is 1.63. The predicted octanol–water partition coefficient (Wildman–Crippen LogP) is 8.02. The van der Waals surface area contributed by atoms with Crippen molar-refractivity contribution >= 4 is 11.9 Å². The Bertz CT molecular complexity index is 1350. The number of allylic oxidation sites excluding steroid dienone is 1. The van der Waals surface area contributed by atoms with Gasteiger partial charge in [-0.1, -0.05) is 60.6 Å². The molecule has 242 valence electrons. The topological polar surface area (TPSA) is 84.9 Å². The molecular formula is C38H55NO5. The molecule has 0 saturated heterocycles. The summed E-state index contributed by atoms with van der Waals surface area (Å²) in [6.07, 6.45) is 7.87. The molecule has 1 aromatic carbocycles. The molecule has 6 nitrogen and oxygen atoms in total. The summed E-state index contributed by atoms with van der Waals surface area (Å²) in [6, 6.07) is 7.54. The Morgan fingerprint density at radius 2 is 1.64 bits per heavy atom. The van der Waals surface area contributed by atoms with E-state index in [1.54, 1.807) is 7.11 Å². The molecule has 0 spiro atoms. The van der Waals surface area contributed by atoms with Gasteiger partial charge in [0.25, 0.3) is 0 Å². The van der Waals surface area contributed by atoms with Gasteiger partial charge in [-0.3, -0.25) is 4.79 Å². The number of ether oxygens (including phenoxy) is 2. The first kappa shape index (κ1) is 31.6. The molecule has 1 unspecified atom stereocenters. The van der Waals surface area contributed by atoms with E-state index in [9.17, 15) is 14.7 Å². The van der Waals surface area contributed by atoms with Gasteiger partial charge in [0.15, 0.2) is 5.78 Å². The van der Waals surface area contributed by atoms with E-state index in [0.717, 1.165) is 68.3 Å². The Balaban J connectivity index is 1.31. The molecule has 0 heterocycles. The highest BCUT2D eigenvalue weighted by Crippen LogP contribution is 2.75. The second kappa shape index (κ2) is 10.6. The van der Waals surface area contributed by atoms with Gasteiger partial charge in [-0.05, 0) is 126 Å². The molecule has 2 N–H and O–H groups in total. The lowest BCUT2D eigenvalue weighted by Crippen LogP contribution is -2.67. The van der Waals surface area contributed by atoms with E-state index in [2.05, 4.69) is 53.8 Å². The molecule has 0 bridgehead atoms. The Hall–Kier alpha value is -2.34. The molecule has 4 saturated carbocycles.